The summed E-state index contributed by atoms with van der Waals surface area (Å²) in [5, 5.41) is 4.90. The second kappa shape index (κ2) is 13.2. The molecule has 0 aromatic heterocycles. The Morgan fingerprint density at radius 1 is 0.886 bits per heavy atom. The van der Waals surface area contributed by atoms with Gasteiger partial charge >= 0.3 is 0 Å². The van der Waals surface area contributed by atoms with E-state index in [9.17, 15) is 4.79 Å². The Balaban J connectivity index is 1.41. The number of aryl methyl sites for hydroxylation is 2. The molecule has 0 bridgehead atoms. The zero-order valence-electron chi connectivity index (χ0n) is 26.4. The number of anilines is 1. The number of hydrogen-bond acceptors (Lipinski definition) is 6. The van der Waals surface area contributed by atoms with Crippen molar-refractivity contribution in [3.8, 4) is 33.9 Å². The quantitative estimate of drug-likeness (QED) is 0.134. The van der Waals surface area contributed by atoms with Gasteiger partial charge in [-0.2, -0.15) is 0 Å². The lowest BCUT2D eigenvalue weighted by molar-refractivity contribution is 0.0954. The summed E-state index contributed by atoms with van der Waals surface area (Å²) in [6.07, 6.45) is 0. The number of fused-ring (bicyclic) bond motifs is 2. The number of amides is 1. The fourth-order valence-electron chi connectivity index (χ4n) is 5.19. The highest BCUT2D eigenvalue weighted by Gasteiger charge is 2.19. The third-order valence-corrected chi connectivity index (χ3v) is 7.66. The zero-order chi connectivity index (χ0) is 31.4. The van der Waals surface area contributed by atoms with E-state index in [1.807, 2.05) is 54.2 Å². The fraction of sp³-hybridized carbons (Fsp3) is 0.278. The normalized spacial score (nSPS) is 11.1. The monoisotopic (exact) mass is 593 g/mol. The predicted octanol–water partition coefficient (Wildman–Crippen LogP) is 5.07. The summed E-state index contributed by atoms with van der Waals surface area (Å²) in [4.78, 5) is 14.3. The second-order valence-electron chi connectivity index (χ2n) is 11.3. The molecule has 228 valence electrons. The highest BCUT2D eigenvalue weighted by Crippen LogP contribution is 2.42. The third kappa shape index (κ3) is 6.55. The standard InChI is InChI=1S/C36H40N4O4/c1-23-7-8-25(20-32(23)43-18-17-42-31-14-9-26(19-24(31)2)36(41)38-16-15-37)35-29-12-10-27(39(3)4)21-33(29)44-34-22-28(40(5)6)11-13-30(34)35/h7-14,19-22H,15-18,37H2,1-6H3/p+1. The van der Waals surface area contributed by atoms with Crippen molar-refractivity contribution in [3.63, 3.8) is 0 Å². The van der Waals surface area contributed by atoms with Crippen molar-refractivity contribution in [1.82, 2.24) is 9.89 Å². The molecule has 8 nitrogen and oxygen atoms in total. The van der Waals surface area contributed by atoms with Crippen LogP contribution >= 0.6 is 0 Å². The van der Waals surface area contributed by atoms with Gasteiger partial charge in [0.25, 0.3) is 5.91 Å². The molecule has 0 radical (unpaired) electrons. The van der Waals surface area contributed by atoms with Gasteiger partial charge in [-0.15, -0.1) is 0 Å². The minimum Gasteiger partial charge on any atom is -0.490 e. The summed E-state index contributed by atoms with van der Waals surface area (Å²) in [6, 6.07) is 24.4. The average Bonchev–Trinajstić information content (AvgIpc) is 3.01. The highest BCUT2D eigenvalue weighted by atomic mass is 16.5. The Bertz CT molecular complexity index is 1850. The van der Waals surface area contributed by atoms with Gasteiger partial charge in [0.1, 0.15) is 50.2 Å². The molecule has 44 heavy (non-hydrogen) atoms. The first-order chi connectivity index (χ1) is 21.2. The summed E-state index contributed by atoms with van der Waals surface area (Å²) >= 11 is 0. The highest BCUT2D eigenvalue weighted by molar-refractivity contribution is 6.02. The minimum absolute atomic E-state index is 0.146. The van der Waals surface area contributed by atoms with Gasteiger partial charge in [0, 0.05) is 67.1 Å². The maximum atomic E-state index is 12.2. The van der Waals surface area contributed by atoms with E-state index in [1.165, 1.54) is 0 Å². The lowest BCUT2D eigenvalue weighted by atomic mass is 9.93. The zero-order valence-corrected chi connectivity index (χ0v) is 26.4. The van der Waals surface area contributed by atoms with Crippen molar-refractivity contribution in [3.05, 3.63) is 94.8 Å². The molecule has 1 aliphatic carbocycles. The summed E-state index contributed by atoms with van der Waals surface area (Å²) in [7, 11) is 8.11. The van der Waals surface area contributed by atoms with Gasteiger partial charge in [-0.1, -0.05) is 12.1 Å². The van der Waals surface area contributed by atoms with Crippen molar-refractivity contribution in [1.29, 1.82) is 0 Å². The van der Waals surface area contributed by atoms with Crippen molar-refractivity contribution in [2.75, 3.05) is 59.4 Å². The van der Waals surface area contributed by atoms with Gasteiger partial charge < -0.3 is 29.8 Å². The molecular weight excluding hydrogens is 552 g/mol. The second-order valence-corrected chi connectivity index (χ2v) is 11.3. The van der Waals surface area contributed by atoms with E-state index < -0.39 is 0 Å². The topological polar surface area (TPSA) is 93.0 Å². The first kappa shape index (κ1) is 30.6. The van der Waals surface area contributed by atoms with Gasteiger partial charge in [-0.05, 0) is 73.0 Å². The number of nitrogens with zero attached hydrogens (tertiary/aromatic N) is 2. The molecule has 0 saturated heterocycles. The number of rotatable bonds is 10. The maximum absolute atomic E-state index is 12.2. The van der Waals surface area contributed by atoms with Crippen LogP contribution in [0.4, 0.5) is 5.69 Å². The summed E-state index contributed by atoms with van der Waals surface area (Å²) in [6.45, 7) is 5.54. The molecule has 1 heterocycles. The van der Waals surface area contributed by atoms with E-state index in [0.29, 0.717) is 31.9 Å². The predicted molar refractivity (Wildman–Crippen MR) is 178 cm³/mol. The van der Waals surface area contributed by atoms with Crippen LogP contribution in [0.25, 0.3) is 33.4 Å². The number of benzene rings is 4. The number of nitrogens with two attached hydrogens (primary N) is 1. The molecule has 3 N–H and O–H groups in total. The van der Waals surface area contributed by atoms with E-state index in [4.69, 9.17) is 19.6 Å². The molecule has 5 rings (SSSR count). The van der Waals surface area contributed by atoms with E-state index in [1.54, 1.807) is 6.07 Å². The van der Waals surface area contributed by atoms with Crippen LogP contribution in [0, 0.1) is 13.8 Å². The molecule has 3 aromatic carbocycles. The molecule has 0 fully saturated rings. The van der Waals surface area contributed by atoms with Gasteiger partial charge in [0.2, 0.25) is 5.36 Å². The van der Waals surface area contributed by atoms with Gasteiger partial charge in [-0.3, -0.25) is 4.79 Å². The first-order valence-electron chi connectivity index (χ1n) is 14.8. The Labute approximate surface area is 258 Å². The summed E-state index contributed by atoms with van der Waals surface area (Å²) in [5.41, 5.74) is 13.1. The molecular formula is C36H41N4O4+. The van der Waals surface area contributed by atoms with E-state index in [-0.39, 0.29) is 5.91 Å². The van der Waals surface area contributed by atoms with Gasteiger partial charge in [-0.25, -0.2) is 4.58 Å². The number of nitrogens with one attached hydrogen (secondary N) is 1. The van der Waals surface area contributed by atoms with Gasteiger partial charge in [0.05, 0.1) is 6.07 Å². The molecule has 2 aliphatic rings. The molecule has 8 heteroatoms. The van der Waals surface area contributed by atoms with Crippen LogP contribution in [0.2, 0.25) is 0 Å². The first-order valence-corrected chi connectivity index (χ1v) is 14.8. The van der Waals surface area contributed by atoms with Crippen LogP contribution in [-0.4, -0.2) is 60.4 Å². The molecule has 3 aromatic rings. The lowest BCUT2D eigenvalue weighted by Crippen LogP contribution is -2.29. The maximum Gasteiger partial charge on any atom is 0.251 e. The molecule has 0 unspecified atom stereocenters. The van der Waals surface area contributed by atoms with Crippen molar-refractivity contribution in [2.24, 2.45) is 5.73 Å². The fourth-order valence-corrected chi connectivity index (χ4v) is 5.19. The molecule has 1 aliphatic heterocycles. The summed E-state index contributed by atoms with van der Waals surface area (Å²) in [5.74, 6) is 2.19. The SMILES string of the molecule is Cc1cc(C(=O)NCCN)ccc1OCCOc1cc(-c2c3ccc(=[N+](C)C)cc-3oc3cc(N(C)C)ccc23)ccc1C. The Morgan fingerprint density at radius 2 is 1.66 bits per heavy atom. The molecule has 0 spiro atoms. The van der Waals surface area contributed by atoms with Gasteiger partial charge in [0.15, 0.2) is 0 Å². The number of hydrogen-bond donors (Lipinski definition) is 2. The van der Waals surface area contributed by atoms with E-state index in [2.05, 4.69) is 69.4 Å². The van der Waals surface area contributed by atoms with Crippen molar-refractivity contribution < 1.29 is 18.7 Å². The molecule has 0 atom stereocenters. The third-order valence-electron chi connectivity index (χ3n) is 7.66. The number of carbonyl (C=O) groups excluding carboxylic acids is 1. The van der Waals surface area contributed by atoms with Crippen LogP contribution in [-0.2, 0) is 0 Å². The number of ether oxygens (including phenoxy) is 2. The van der Waals surface area contributed by atoms with Crippen LogP contribution < -0.4 is 35.4 Å². The lowest BCUT2D eigenvalue weighted by Gasteiger charge is -2.19. The molecule has 1 amide bonds. The smallest absolute Gasteiger partial charge is 0.251 e. The molecule has 0 saturated carbocycles. The minimum atomic E-state index is -0.146. The largest absolute Gasteiger partial charge is 0.490 e. The van der Waals surface area contributed by atoms with Crippen molar-refractivity contribution >= 4 is 22.6 Å². The van der Waals surface area contributed by atoms with Crippen LogP contribution in [0.15, 0.2) is 77.2 Å². The Kier molecular flexibility index (Phi) is 9.20. The van der Waals surface area contributed by atoms with Crippen LogP contribution in [0.5, 0.6) is 11.5 Å². The Hall–Kier alpha value is -4.82. The Morgan fingerprint density at radius 3 is 2.36 bits per heavy atom. The van der Waals surface area contributed by atoms with Crippen LogP contribution in [0.1, 0.15) is 21.5 Å². The van der Waals surface area contributed by atoms with Crippen LogP contribution in [0.3, 0.4) is 0 Å². The van der Waals surface area contributed by atoms with Crippen molar-refractivity contribution in [2.45, 2.75) is 13.8 Å². The summed E-state index contributed by atoms with van der Waals surface area (Å²) < 4.78 is 20.8. The average molecular weight is 594 g/mol. The van der Waals surface area contributed by atoms with E-state index in [0.717, 1.165) is 67.1 Å². The number of carbonyl (C=O) groups is 1. The van der Waals surface area contributed by atoms with E-state index >= 15 is 0 Å².